The number of aromatic nitrogens is 2. The van der Waals surface area contributed by atoms with Crippen molar-refractivity contribution in [3.05, 3.63) is 17.8 Å². The highest BCUT2D eigenvalue weighted by atomic mass is 16.5. The van der Waals surface area contributed by atoms with Gasteiger partial charge in [-0.1, -0.05) is 0 Å². The summed E-state index contributed by atoms with van der Waals surface area (Å²) in [6, 6.07) is 2.94. The number of hydrogen-bond acceptors (Lipinski definition) is 4. The zero-order valence-electron chi connectivity index (χ0n) is 5.94. The van der Waals surface area contributed by atoms with E-state index in [0.717, 1.165) is 0 Å². The molecule has 0 amide bonds. The van der Waals surface area contributed by atoms with Crippen molar-refractivity contribution in [1.29, 1.82) is 0 Å². The Balaban J connectivity index is 2.90. The van der Waals surface area contributed by atoms with E-state index in [1.807, 2.05) is 0 Å². The number of methoxy groups -OCH3 is 1. The molecule has 1 heterocycles. The topological polar surface area (TPSA) is 52.1 Å². The number of ether oxygens (including phenoxy) is 1. The summed E-state index contributed by atoms with van der Waals surface area (Å²) in [6.45, 7) is 0. The normalized spacial score (nSPS) is 9.18. The molecule has 1 aromatic heterocycles. The van der Waals surface area contributed by atoms with Crippen molar-refractivity contribution in [3.63, 3.8) is 0 Å². The summed E-state index contributed by atoms with van der Waals surface area (Å²) in [7, 11) is 6.52. The van der Waals surface area contributed by atoms with E-state index >= 15 is 0 Å². The second kappa shape index (κ2) is 3.14. The van der Waals surface area contributed by atoms with E-state index in [2.05, 4.69) is 14.9 Å². The van der Waals surface area contributed by atoms with Gasteiger partial charge in [0.1, 0.15) is 7.85 Å². The second-order valence-electron chi connectivity index (χ2n) is 1.84. The van der Waals surface area contributed by atoms with Crippen molar-refractivity contribution in [1.82, 2.24) is 10.2 Å². The first kappa shape index (κ1) is 7.72. The highest BCUT2D eigenvalue weighted by Crippen LogP contribution is 1.90. The Morgan fingerprint density at radius 2 is 2.27 bits per heavy atom. The minimum atomic E-state index is -0.516. The second-order valence-corrected chi connectivity index (χ2v) is 1.84. The average Bonchev–Trinajstić information content (AvgIpc) is 2.05. The molecule has 0 saturated carbocycles. The van der Waals surface area contributed by atoms with Crippen LogP contribution in [0.3, 0.4) is 0 Å². The highest BCUT2D eigenvalue weighted by Gasteiger charge is 2.05. The van der Waals surface area contributed by atoms with Crippen LogP contribution in [0.5, 0.6) is 0 Å². The van der Waals surface area contributed by atoms with Gasteiger partial charge in [-0.2, -0.15) is 5.10 Å². The van der Waals surface area contributed by atoms with Gasteiger partial charge in [-0.3, -0.25) is 0 Å². The van der Waals surface area contributed by atoms with Gasteiger partial charge in [-0.05, 0) is 12.1 Å². The summed E-state index contributed by atoms with van der Waals surface area (Å²) in [6.07, 6.45) is 0. The fourth-order valence-corrected chi connectivity index (χ4v) is 0.556. The molecule has 0 aliphatic heterocycles. The van der Waals surface area contributed by atoms with Crippen LogP contribution in [0.4, 0.5) is 0 Å². The number of esters is 1. The van der Waals surface area contributed by atoms with Crippen molar-refractivity contribution in [2.45, 2.75) is 0 Å². The number of carbonyl (C=O) groups is 1. The largest absolute Gasteiger partial charge is 0.464 e. The predicted molar refractivity (Wildman–Crippen MR) is 38.8 cm³/mol. The number of hydrogen-bond donors (Lipinski definition) is 0. The van der Waals surface area contributed by atoms with Crippen LogP contribution in [0.1, 0.15) is 10.5 Å². The Bertz CT molecular complexity index is 260. The number of carbonyl (C=O) groups excluding carboxylic acids is 1. The summed E-state index contributed by atoms with van der Waals surface area (Å²) < 4.78 is 4.39. The zero-order chi connectivity index (χ0) is 8.27. The smallest absolute Gasteiger partial charge is 0.358 e. The maximum Gasteiger partial charge on any atom is 0.358 e. The van der Waals surface area contributed by atoms with E-state index in [0.29, 0.717) is 0 Å². The van der Waals surface area contributed by atoms with Crippen LogP contribution in [0, 0.1) is 0 Å². The van der Waals surface area contributed by atoms with Gasteiger partial charge in [0.25, 0.3) is 0 Å². The van der Waals surface area contributed by atoms with Crippen LogP contribution in [-0.4, -0.2) is 31.1 Å². The summed E-state index contributed by atoms with van der Waals surface area (Å²) >= 11 is 0. The van der Waals surface area contributed by atoms with Gasteiger partial charge in [0.05, 0.1) is 7.11 Å². The standard InChI is InChI=1S/C6H5BN2O2/c1-11-6(10)4-2-3-5(7)9-8-4/h2-3H,1H3. The molecular weight excluding hydrogens is 143 g/mol. The molecule has 0 spiro atoms. The van der Waals surface area contributed by atoms with Gasteiger partial charge < -0.3 is 4.74 Å². The zero-order valence-corrected chi connectivity index (χ0v) is 5.94. The molecule has 0 atom stereocenters. The molecule has 0 aliphatic carbocycles. The fraction of sp³-hybridized carbons (Fsp3) is 0.167. The van der Waals surface area contributed by atoms with E-state index in [1.165, 1.54) is 19.2 Å². The molecule has 0 fully saturated rings. The van der Waals surface area contributed by atoms with Gasteiger partial charge in [0.2, 0.25) is 0 Å². The van der Waals surface area contributed by atoms with E-state index in [-0.39, 0.29) is 11.3 Å². The Morgan fingerprint density at radius 3 is 2.73 bits per heavy atom. The van der Waals surface area contributed by atoms with Crippen LogP contribution < -0.4 is 5.59 Å². The molecule has 54 valence electrons. The van der Waals surface area contributed by atoms with E-state index in [4.69, 9.17) is 7.85 Å². The lowest BCUT2D eigenvalue weighted by atomic mass is 10.1. The first-order valence-corrected chi connectivity index (χ1v) is 2.91. The third-order valence-electron chi connectivity index (χ3n) is 1.08. The molecule has 0 bridgehead atoms. The van der Waals surface area contributed by atoms with E-state index in [9.17, 15) is 4.79 Å². The summed E-state index contributed by atoms with van der Waals surface area (Å²) in [5.41, 5.74) is 0.430. The number of nitrogens with zero attached hydrogens (tertiary/aromatic N) is 2. The Hall–Kier alpha value is -1.39. The van der Waals surface area contributed by atoms with Crippen LogP contribution >= 0.6 is 0 Å². The van der Waals surface area contributed by atoms with Crippen molar-refractivity contribution in [2.75, 3.05) is 7.11 Å². The van der Waals surface area contributed by atoms with Crippen molar-refractivity contribution in [2.24, 2.45) is 0 Å². The maximum absolute atomic E-state index is 10.8. The highest BCUT2D eigenvalue weighted by molar-refractivity contribution is 6.30. The van der Waals surface area contributed by atoms with Gasteiger partial charge in [0.15, 0.2) is 5.69 Å². The van der Waals surface area contributed by atoms with Gasteiger partial charge in [-0.25, -0.2) is 4.79 Å². The molecular formula is C6H5BN2O2. The van der Waals surface area contributed by atoms with Crippen LogP contribution in [0.25, 0.3) is 0 Å². The van der Waals surface area contributed by atoms with Crippen LogP contribution in [-0.2, 0) is 4.74 Å². The predicted octanol–water partition coefficient (Wildman–Crippen LogP) is -0.943. The molecule has 0 N–H and O–H groups in total. The van der Waals surface area contributed by atoms with Crippen LogP contribution in [0.15, 0.2) is 12.1 Å². The molecule has 0 unspecified atom stereocenters. The minimum absolute atomic E-state index is 0.154. The van der Waals surface area contributed by atoms with Gasteiger partial charge in [-0.15, -0.1) is 5.10 Å². The lowest BCUT2D eigenvalue weighted by Gasteiger charge is -1.95. The summed E-state index contributed by atoms with van der Waals surface area (Å²) in [5, 5.41) is 6.97. The molecule has 2 radical (unpaired) electrons. The van der Waals surface area contributed by atoms with Gasteiger partial charge >= 0.3 is 5.97 Å². The monoisotopic (exact) mass is 148 g/mol. The lowest BCUT2D eigenvalue weighted by Crippen LogP contribution is -2.13. The minimum Gasteiger partial charge on any atom is -0.464 e. The lowest BCUT2D eigenvalue weighted by molar-refractivity contribution is 0.0593. The Kier molecular flexibility index (Phi) is 2.20. The molecule has 4 nitrogen and oxygen atoms in total. The SMILES string of the molecule is [B]c1ccc(C(=O)OC)nn1. The Morgan fingerprint density at radius 1 is 1.55 bits per heavy atom. The molecule has 11 heavy (non-hydrogen) atoms. The number of rotatable bonds is 1. The summed E-state index contributed by atoms with van der Waals surface area (Å²) in [5.74, 6) is -0.516. The first-order chi connectivity index (χ1) is 5.24. The van der Waals surface area contributed by atoms with E-state index in [1.54, 1.807) is 0 Å². The van der Waals surface area contributed by atoms with Gasteiger partial charge in [0, 0.05) is 5.59 Å². The van der Waals surface area contributed by atoms with Crippen molar-refractivity contribution >= 4 is 19.4 Å². The van der Waals surface area contributed by atoms with Crippen LogP contribution in [0.2, 0.25) is 0 Å². The summed E-state index contributed by atoms with van der Waals surface area (Å²) in [4.78, 5) is 10.8. The fourth-order valence-electron chi connectivity index (χ4n) is 0.556. The Labute approximate surface area is 65.0 Å². The first-order valence-electron chi connectivity index (χ1n) is 2.91. The third-order valence-corrected chi connectivity index (χ3v) is 1.08. The molecule has 0 saturated heterocycles. The third kappa shape index (κ3) is 1.76. The maximum atomic E-state index is 10.8. The molecule has 0 aromatic carbocycles. The van der Waals surface area contributed by atoms with E-state index < -0.39 is 5.97 Å². The van der Waals surface area contributed by atoms with Crippen molar-refractivity contribution in [3.8, 4) is 0 Å². The molecule has 5 heteroatoms. The molecule has 1 rings (SSSR count). The molecule has 1 aromatic rings. The van der Waals surface area contributed by atoms with Crippen molar-refractivity contribution < 1.29 is 9.53 Å². The molecule has 0 aliphatic rings. The quantitative estimate of drug-likeness (QED) is 0.380. The average molecular weight is 148 g/mol.